The molecule has 2 nitrogen and oxygen atoms in total. The van der Waals surface area contributed by atoms with E-state index < -0.39 is 0 Å². The van der Waals surface area contributed by atoms with Crippen molar-refractivity contribution in [3.8, 4) is 5.75 Å². The van der Waals surface area contributed by atoms with Crippen molar-refractivity contribution in [3.63, 3.8) is 0 Å². The molecule has 0 bridgehead atoms. The summed E-state index contributed by atoms with van der Waals surface area (Å²) in [4.78, 5) is 0. The summed E-state index contributed by atoms with van der Waals surface area (Å²) in [6, 6.07) is 17.5. The van der Waals surface area contributed by atoms with E-state index in [1.807, 2.05) is 30.3 Å². The molecule has 1 aromatic heterocycles. The fourth-order valence-corrected chi connectivity index (χ4v) is 2.57. The van der Waals surface area contributed by atoms with Crippen LogP contribution in [0.5, 0.6) is 5.75 Å². The van der Waals surface area contributed by atoms with E-state index >= 15 is 0 Å². The second-order valence-electron chi connectivity index (χ2n) is 4.41. The smallest absolute Gasteiger partial charge is 0.139 e. The Labute approximate surface area is 103 Å². The van der Waals surface area contributed by atoms with E-state index in [2.05, 4.69) is 12.1 Å². The molecule has 1 N–H and O–H groups in total. The Morgan fingerprint density at radius 2 is 1.56 bits per heavy atom. The van der Waals surface area contributed by atoms with Crippen molar-refractivity contribution < 1.29 is 9.52 Å². The van der Waals surface area contributed by atoms with Crippen LogP contribution in [0.1, 0.15) is 0 Å². The molecule has 0 aliphatic rings. The molecule has 0 saturated heterocycles. The highest BCUT2D eigenvalue weighted by Gasteiger charge is 2.12. The van der Waals surface area contributed by atoms with E-state index in [4.69, 9.17) is 4.42 Å². The molecule has 0 amide bonds. The standard InChI is InChI=1S/C16H10O2/c17-12-6-3-7-13-16(12)15-11-5-2-1-4-10(11)8-9-14(15)18-13/h1-9,17H. The highest BCUT2D eigenvalue weighted by Crippen LogP contribution is 2.38. The summed E-state index contributed by atoms with van der Waals surface area (Å²) in [6.45, 7) is 0. The maximum absolute atomic E-state index is 10.1. The van der Waals surface area contributed by atoms with Crippen molar-refractivity contribution >= 4 is 32.7 Å². The van der Waals surface area contributed by atoms with Gasteiger partial charge < -0.3 is 9.52 Å². The zero-order valence-electron chi connectivity index (χ0n) is 9.55. The summed E-state index contributed by atoms with van der Waals surface area (Å²) < 4.78 is 5.78. The number of benzene rings is 3. The minimum atomic E-state index is 0.266. The number of phenolic OH excluding ortho intramolecular Hbond substituents is 1. The monoisotopic (exact) mass is 234 g/mol. The summed E-state index contributed by atoms with van der Waals surface area (Å²) >= 11 is 0. The Hall–Kier alpha value is -2.48. The average Bonchev–Trinajstić information content (AvgIpc) is 2.79. The van der Waals surface area contributed by atoms with Crippen molar-refractivity contribution in [2.45, 2.75) is 0 Å². The van der Waals surface area contributed by atoms with Crippen molar-refractivity contribution in [2.24, 2.45) is 0 Å². The third kappa shape index (κ3) is 1.12. The quantitative estimate of drug-likeness (QED) is 0.487. The molecular weight excluding hydrogens is 224 g/mol. The number of rotatable bonds is 0. The molecule has 0 spiro atoms. The van der Waals surface area contributed by atoms with Crippen LogP contribution in [0.25, 0.3) is 32.7 Å². The van der Waals surface area contributed by atoms with Gasteiger partial charge in [-0.3, -0.25) is 0 Å². The Morgan fingerprint density at radius 3 is 2.50 bits per heavy atom. The van der Waals surface area contributed by atoms with Gasteiger partial charge in [-0.05, 0) is 29.0 Å². The SMILES string of the molecule is Oc1cccc2oc3ccc4ccccc4c3c12. The van der Waals surface area contributed by atoms with Crippen molar-refractivity contribution in [1.82, 2.24) is 0 Å². The van der Waals surface area contributed by atoms with Crippen LogP contribution in [0.3, 0.4) is 0 Å². The van der Waals surface area contributed by atoms with E-state index in [1.54, 1.807) is 12.1 Å². The van der Waals surface area contributed by atoms with Crippen molar-refractivity contribution in [1.29, 1.82) is 0 Å². The van der Waals surface area contributed by atoms with Crippen LogP contribution in [-0.4, -0.2) is 5.11 Å². The lowest BCUT2D eigenvalue weighted by atomic mass is 10.0. The topological polar surface area (TPSA) is 33.4 Å². The number of phenols is 1. The third-order valence-electron chi connectivity index (χ3n) is 3.36. The molecule has 0 fully saturated rings. The number of fused-ring (bicyclic) bond motifs is 5. The lowest BCUT2D eigenvalue weighted by Crippen LogP contribution is -1.74. The van der Waals surface area contributed by atoms with Gasteiger partial charge in [0.05, 0.1) is 5.39 Å². The third-order valence-corrected chi connectivity index (χ3v) is 3.36. The molecule has 3 aromatic carbocycles. The fraction of sp³-hybridized carbons (Fsp3) is 0. The number of hydrogen-bond donors (Lipinski definition) is 1. The summed E-state index contributed by atoms with van der Waals surface area (Å²) in [5.41, 5.74) is 1.53. The van der Waals surface area contributed by atoms with Crippen molar-refractivity contribution in [2.75, 3.05) is 0 Å². The molecule has 0 saturated carbocycles. The lowest BCUT2D eigenvalue weighted by Gasteiger charge is -1.99. The predicted molar refractivity (Wildman–Crippen MR) is 72.9 cm³/mol. The number of furan rings is 1. The first-order valence-corrected chi connectivity index (χ1v) is 5.86. The van der Waals surface area contributed by atoms with Gasteiger partial charge in [-0.1, -0.05) is 36.4 Å². The van der Waals surface area contributed by atoms with Crippen LogP contribution in [0.15, 0.2) is 59.0 Å². The fourth-order valence-electron chi connectivity index (χ4n) is 2.57. The predicted octanol–water partition coefficient (Wildman–Crippen LogP) is 4.44. The molecule has 0 radical (unpaired) electrons. The van der Waals surface area contributed by atoms with E-state index in [1.165, 1.54) is 0 Å². The molecule has 86 valence electrons. The largest absolute Gasteiger partial charge is 0.507 e. The molecule has 1 heterocycles. The molecule has 0 aliphatic carbocycles. The van der Waals surface area contributed by atoms with Crippen LogP contribution in [0.2, 0.25) is 0 Å². The highest BCUT2D eigenvalue weighted by atomic mass is 16.3. The van der Waals surface area contributed by atoms with Crippen molar-refractivity contribution in [3.05, 3.63) is 54.6 Å². The first kappa shape index (κ1) is 9.54. The van der Waals surface area contributed by atoms with Crippen LogP contribution < -0.4 is 0 Å². The number of aromatic hydroxyl groups is 1. The van der Waals surface area contributed by atoms with Gasteiger partial charge in [-0.25, -0.2) is 0 Å². The molecule has 0 atom stereocenters. The minimum absolute atomic E-state index is 0.266. The van der Waals surface area contributed by atoms with Crippen LogP contribution in [0.4, 0.5) is 0 Å². The zero-order chi connectivity index (χ0) is 12.1. The van der Waals surface area contributed by atoms with Gasteiger partial charge in [0, 0.05) is 5.39 Å². The van der Waals surface area contributed by atoms with Crippen LogP contribution in [-0.2, 0) is 0 Å². The zero-order valence-corrected chi connectivity index (χ0v) is 9.55. The molecule has 2 heteroatoms. The van der Waals surface area contributed by atoms with Gasteiger partial charge >= 0.3 is 0 Å². The van der Waals surface area contributed by atoms with E-state index in [-0.39, 0.29) is 5.75 Å². The van der Waals surface area contributed by atoms with E-state index in [0.717, 1.165) is 32.7 Å². The molecular formula is C16H10O2. The first-order valence-electron chi connectivity index (χ1n) is 5.86. The van der Waals surface area contributed by atoms with Gasteiger partial charge in [0.15, 0.2) is 0 Å². The van der Waals surface area contributed by atoms with E-state index in [9.17, 15) is 5.11 Å². The second-order valence-corrected chi connectivity index (χ2v) is 4.41. The molecule has 4 rings (SSSR count). The number of hydrogen-bond acceptors (Lipinski definition) is 2. The first-order chi connectivity index (χ1) is 8.84. The summed E-state index contributed by atoms with van der Waals surface area (Å²) in [7, 11) is 0. The van der Waals surface area contributed by atoms with Gasteiger partial charge in [-0.2, -0.15) is 0 Å². The van der Waals surface area contributed by atoms with Crippen LogP contribution >= 0.6 is 0 Å². The highest BCUT2D eigenvalue weighted by molar-refractivity contribution is 6.20. The second kappa shape index (κ2) is 3.26. The molecule has 18 heavy (non-hydrogen) atoms. The summed E-state index contributed by atoms with van der Waals surface area (Å²) in [6.07, 6.45) is 0. The summed E-state index contributed by atoms with van der Waals surface area (Å²) in [5.74, 6) is 0.266. The normalized spacial score (nSPS) is 11.6. The van der Waals surface area contributed by atoms with Gasteiger partial charge in [0.1, 0.15) is 16.9 Å². The molecule has 0 aliphatic heterocycles. The molecule has 0 unspecified atom stereocenters. The molecule has 4 aromatic rings. The minimum Gasteiger partial charge on any atom is -0.507 e. The maximum Gasteiger partial charge on any atom is 0.139 e. The van der Waals surface area contributed by atoms with Gasteiger partial charge in [0.2, 0.25) is 0 Å². The van der Waals surface area contributed by atoms with Gasteiger partial charge in [-0.15, -0.1) is 0 Å². The maximum atomic E-state index is 10.1. The Morgan fingerprint density at radius 1 is 0.722 bits per heavy atom. The van der Waals surface area contributed by atoms with E-state index in [0.29, 0.717) is 0 Å². The summed E-state index contributed by atoms with van der Waals surface area (Å²) in [5, 5.41) is 14.1. The Bertz CT molecular complexity index is 887. The van der Waals surface area contributed by atoms with Gasteiger partial charge in [0.25, 0.3) is 0 Å². The lowest BCUT2D eigenvalue weighted by molar-refractivity contribution is 0.481. The average molecular weight is 234 g/mol. The van der Waals surface area contributed by atoms with Crippen LogP contribution in [0, 0.1) is 0 Å². The Kier molecular flexibility index (Phi) is 1.73. The Balaban J connectivity index is 2.40.